The second-order valence-electron chi connectivity index (χ2n) is 3.46. The van der Waals surface area contributed by atoms with Gasteiger partial charge in [0.15, 0.2) is 0 Å². The number of hydrogen-bond acceptors (Lipinski definition) is 2. The third-order valence-electron chi connectivity index (χ3n) is 2.10. The lowest BCUT2D eigenvalue weighted by Gasteiger charge is -2.22. The van der Waals surface area contributed by atoms with E-state index in [1.54, 1.807) is 12.1 Å². The minimum Gasteiger partial charge on any atom is -0.384 e. The van der Waals surface area contributed by atoms with E-state index >= 15 is 0 Å². The summed E-state index contributed by atoms with van der Waals surface area (Å²) in [4.78, 5) is 0. The summed E-state index contributed by atoms with van der Waals surface area (Å²) in [5.74, 6) is -0.416. The summed E-state index contributed by atoms with van der Waals surface area (Å²) < 4.78 is 13.2. The Morgan fingerprint density at radius 1 is 1.54 bits per heavy atom. The lowest BCUT2D eigenvalue weighted by molar-refractivity contribution is 0.0629. The molecule has 1 rings (SSSR count). The fourth-order valence-corrected chi connectivity index (χ4v) is 1.16. The minimum atomic E-state index is -1.28. The molecule has 2 nitrogen and oxygen atoms in total. The van der Waals surface area contributed by atoms with Crippen molar-refractivity contribution >= 4 is 0 Å². The molecule has 0 aliphatic heterocycles. The number of nitrogens with two attached hydrogens (primary N) is 1. The van der Waals surface area contributed by atoms with Crippen LogP contribution in [0.4, 0.5) is 4.39 Å². The SMILES string of the molecule is Cc1ccc(F)c(C(C)(O)CN)c1. The summed E-state index contributed by atoms with van der Waals surface area (Å²) in [5.41, 5.74) is 5.23. The first-order chi connectivity index (χ1) is 5.97. The van der Waals surface area contributed by atoms with Crippen LogP contribution in [-0.2, 0) is 5.60 Å². The van der Waals surface area contributed by atoms with E-state index in [4.69, 9.17) is 5.73 Å². The van der Waals surface area contributed by atoms with Gasteiger partial charge in [0, 0.05) is 12.1 Å². The van der Waals surface area contributed by atoms with Crippen molar-refractivity contribution < 1.29 is 9.50 Å². The number of aryl methyl sites for hydroxylation is 1. The lowest BCUT2D eigenvalue weighted by Crippen LogP contribution is -2.32. The van der Waals surface area contributed by atoms with Gasteiger partial charge in [0.25, 0.3) is 0 Å². The summed E-state index contributed by atoms with van der Waals surface area (Å²) in [6.45, 7) is 3.35. The van der Waals surface area contributed by atoms with Crippen molar-refractivity contribution in [3.05, 3.63) is 35.1 Å². The first-order valence-corrected chi connectivity index (χ1v) is 4.16. The second-order valence-corrected chi connectivity index (χ2v) is 3.46. The van der Waals surface area contributed by atoms with Crippen LogP contribution in [0.2, 0.25) is 0 Å². The Hall–Kier alpha value is -0.930. The van der Waals surface area contributed by atoms with E-state index in [0.29, 0.717) is 0 Å². The highest BCUT2D eigenvalue weighted by molar-refractivity contribution is 5.28. The van der Waals surface area contributed by atoms with E-state index in [9.17, 15) is 9.50 Å². The summed E-state index contributed by atoms with van der Waals surface area (Å²) in [6, 6.07) is 4.61. The molecule has 1 atom stereocenters. The molecule has 1 unspecified atom stereocenters. The van der Waals surface area contributed by atoms with Gasteiger partial charge >= 0.3 is 0 Å². The molecule has 0 saturated carbocycles. The van der Waals surface area contributed by atoms with Crippen molar-refractivity contribution in [2.75, 3.05) is 6.54 Å². The van der Waals surface area contributed by atoms with Gasteiger partial charge in [-0.1, -0.05) is 17.7 Å². The van der Waals surface area contributed by atoms with Crippen molar-refractivity contribution in [1.82, 2.24) is 0 Å². The molecule has 0 fully saturated rings. The van der Waals surface area contributed by atoms with Crippen molar-refractivity contribution in [1.29, 1.82) is 0 Å². The largest absolute Gasteiger partial charge is 0.384 e. The molecule has 72 valence electrons. The minimum absolute atomic E-state index is 0.00731. The molecule has 0 aromatic heterocycles. The Labute approximate surface area is 77.2 Å². The van der Waals surface area contributed by atoms with Crippen LogP contribution in [0, 0.1) is 12.7 Å². The van der Waals surface area contributed by atoms with Crippen LogP contribution in [0.1, 0.15) is 18.1 Å². The maximum Gasteiger partial charge on any atom is 0.129 e. The third kappa shape index (κ3) is 2.05. The number of rotatable bonds is 2. The lowest BCUT2D eigenvalue weighted by atomic mass is 9.94. The zero-order valence-electron chi connectivity index (χ0n) is 7.84. The Morgan fingerprint density at radius 3 is 2.69 bits per heavy atom. The molecule has 0 radical (unpaired) electrons. The van der Waals surface area contributed by atoms with Gasteiger partial charge in [0.05, 0.1) is 0 Å². The van der Waals surface area contributed by atoms with Crippen LogP contribution in [0.5, 0.6) is 0 Å². The number of aliphatic hydroxyl groups is 1. The zero-order valence-corrected chi connectivity index (χ0v) is 7.84. The van der Waals surface area contributed by atoms with Crippen molar-refractivity contribution in [2.45, 2.75) is 19.4 Å². The molecule has 0 amide bonds. The van der Waals surface area contributed by atoms with E-state index in [1.807, 2.05) is 6.92 Å². The fourth-order valence-electron chi connectivity index (χ4n) is 1.16. The highest BCUT2D eigenvalue weighted by Crippen LogP contribution is 2.23. The second kappa shape index (κ2) is 3.44. The molecule has 0 heterocycles. The van der Waals surface area contributed by atoms with Gasteiger partial charge in [-0.05, 0) is 19.9 Å². The van der Waals surface area contributed by atoms with Crippen molar-refractivity contribution in [3.8, 4) is 0 Å². The van der Waals surface area contributed by atoms with E-state index < -0.39 is 11.4 Å². The maximum atomic E-state index is 13.2. The van der Waals surface area contributed by atoms with Gasteiger partial charge < -0.3 is 10.8 Å². The quantitative estimate of drug-likeness (QED) is 0.726. The summed E-state index contributed by atoms with van der Waals surface area (Å²) in [5, 5.41) is 9.73. The fraction of sp³-hybridized carbons (Fsp3) is 0.400. The van der Waals surface area contributed by atoms with Crippen LogP contribution in [-0.4, -0.2) is 11.7 Å². The molecule has 1 aromatic rings. The molecule has 0 saturated heterocycles. The monoisotopic (exact) mass is 183 g/mol. The Balaban J connectivity index is 3.20. The van der Waals surface area contributed by atoms with Gasteiger partial charge in [-0.2, -0.15) is 0 Å². The number of hydrogen-bond donors (Lipinski definition) is 2. The highest BCUT2D eigenvalue weighted by Gasteiger charge is 2.24. The summed E-state index contributed by atoms with van der Waals surface area (Å²) in [7, 11) is 0. The molecular formula is C10H14FNO. The Kier molecular flexibility index (Phi) is 2.68. The van der Waals surface area contributed by atoms with Crippen LogP contribution in [0.15, 0.2) is 18.2 Å². The van der Waals surface area contributed by atoms with Crippen molar-refractivity contribution in [3.63, 3.8) is 0 Å². The van der Waals surface area contributed by atoms with Crippen LogP contribution >= 0.6 is 0 Å². The molecule has 13 heavy (non-hydrogen) atoms. The highest BCUT2D eigenvalue weighted by atomic mass is 19.1. The zero-order chi connectivity index (χ0) is 10.1. The van der Waals surface area contributed by atoms with Crippen LogP contribution in [0.25, 0.3) is 0 Å². The first kappa shape index (κ1) is 10.2. The predicted octanol–water partition coefficient (Wildman–Crippen LogP) is 1.30. The number of halogens is 1. The number of benzene rings is 1. The van der Waals surface area contributed by atoms with E-state index in [-0.39, 0.29) is 12.1 Å². The molecule has 0 aliphatic rings. The first-order valence-electron chi connectivity index (χ1n) is 4.16. The molecule has 3 N–H and O–H groups in total. The van der Waals surface area contributed by atoms with E-state index in [0.717, 1.165) is 5.56 Å². The van der Waals surface area contributed by atoms with Gasteiger partial charge in [-0.15, -0.1) is 0 Å². The molecule has 0 aliphatic carbocycles. The maximum absolute atomic E-state index is 13.2. The molecule has 0 bridgehead atoms. The van der Waals surface area contributed by atoms with Crippen LogP contribution in [0.3, 0.4) is 0 Å². The summed E-state index contributed by atoms with van der Waals surface area (Å²) in [6.07, 6.45) is 0. The summed E-state index contributed by atoms with van der Waals surface area (Å²) >= 11 is 0. The van der Waals surface area contributed by atoms with E-state index in [2.05, 4.69) is 0 Å². The molecule has 0 spiro atoms. The predicted molar refractivity (Wildman–Crippen MR) is 49.8 cm³/mol. The third-order valence-corrected chi connectivity index (χ3v) is 2.10. The average Bonchev–Trinajstić information content (AvgIpc) is 2.09. The Morgan fingerprint density at radius 2 is 2.15 bits per heavy atom. The van der Waals surface area contributed by atoms with Crippen LogP contribution < -0.4 is 5.73 Å². The Bertz CT molecular complexity index is 310. The van der Waals surface area contributed by atoms with Gasteiger partial charge in [0.1, 0.15) is 11.4 Å². The molecule has 3 heteroatoms. The van der Waals surface area contributed by atoms with Gasteiger partial charge in [0.2, 0.25) is 0 Å². The normalized spacial score (nSPS) is 15.5. The standard InChI is InChI=1S/C10H14FNO/c1-7-3-4-9(11)8(5-7)10(2,13)6-12/h3-5,13H,6,12H2,1-2H3. The van der Waals surface area contributed by atoms with Gasteiger partial charge in [-0.3, -0.25) is 0 Å². The molecule has 1 aromatic carbocycles. The topological polar surface area (TPSA) is 46.2 Å². The van der Waals surface area contributed by atoms with Crippen molar-refractivity contribution in [2.24, 2.45) is 5.73 Å². The average molecular weight is 183 g/mol. The van der Waals surface area contributed by atoms with Gasteiger partial charge in [-0.25, -0.2) is 4.39 Å². The smallest absolute Gasteiger partial charge is 0.129 e. The van der Waals surface area contributed by atoms with E-state index in [1.165, 1.54) is 13.0 Å². The molecular weight excluding hydrogens is 169 g/mol.